The zero-order valence-corrected chi connectivity index (χ0v) is 15.5. The number of nitrogens with one attached hydrogen (secondary N) is 2. The fraction of sp³-hybridized carbons (Fsp3) is 0.500. The lowest BCUT2D eigenvalue weighted by molar-refractivity contribution is 0.359. The molecular weight excluding hydrogens is 348 g/mol. The second kappa shape index (κ2) is 6.02. The Hall–Kier alpha value is -2.01. The summed E-state index contributed by atoms with van der Waals surface area (Å²) in [5, 5.41) is 4.39. The van der Waals surface area contributed by atoms with Crippen LogP contribution in [-0.4, -0.2) is 29.6 Å². The molecule has 0 atom stereocenters. The molecule has 1 aliphatic carbocycles. The minimum absolute atomic E-state index is 0.0564. The molecular formula is C20H23ClN4O. The van der Waals surface area contributed by atoms with E-state index in [1.54, 1.807) is 0 Å². The van der Waals surface area contributed by atoms with E-state index < -0.39 is 0 Å². The highest BCUT2D eigenvalue weighted by Gasteiger charge is 2.43. The van der Waals surface area contributed by atoms with Gasteiger partial charge in [0, 0.05) is 46.9 Å². The highest BCUT2D eigenvalue weighted by Crippen LogP contribution is 2.47. The highest BCUT2D eigenvalue weighted by atomic mass is 35.5. The van der Waals surface area contributed by atoms with Crippen molar-refractivity contribution in [3.05, 3.63) is 50.4 Å². The van der Waals surface area contributed by atoms with Crippen molar-refractivity contribution in [1.82, 2.24) is 9.97 Å². The van der Waals surface area contributed by atoms with Gasteiger partial charge in [-0.05, 0) is 50.7 Å². The molecule has 26 heavy (non-hydrogen) atoms. The van der Waals surface area contributed by atoms with Gasteiger partial charge >= 0.3 is 0 Å². The Bertz CT molecular complexity index is 915. The van der Waals surface area contributed by atoms with Gasteiger partial charge in [-0.1, -0.05) is 17.7 Å². The molecule has 0 amide bonds. The van der Waals surface area contributed by atoms with Crippen LogP contribution in [-0.2, 0) is 18.3 Å². The zero-order valence-electron chi connectivity index (χ0n) is 14.8. The van der Waals surface area contributed by atoms with Gasteiger partial charge < -0.3 is 10.2 Å². The number of aryl methyl sites for hydroxylation is 1. The predicted octanol–water partition coefficient (Wildman–Crippen LogP) is 3.27. The van der Waals surface area contributed by atoms with E-state index in [2.05, 4.69) is 21.3 Å². The first-order valence-electron chi connectivity index (χ1n) is 9.56. The molecule has 0 radical (unpaired) electrons. The molecule has 1 fully saturated rings. The smallest absolute Gasteiger partial charge is 0.255 e. The quantitative estimate of drug-likeness (QED) is 0.808. The number of piperidine rings is 1. The minimum atomic E-state index is 0.0564. The number of nitrogens with zero attached hydrogens (tertiary/aromatic N) is 2. The van der Waals surface area contributed by atoms with E-state index in [-0.39, 0.29) is 11.0 Å². The molecule has 2 aliphatic heterocycles. The number of halogens is 1. The van der Waals surface area contributed by atoms with Crippen molar-refractivity contribution in [1.29, 1.82) is 0 Å². The first-order chi connectivity index (χ1) is 12.7. The summed E-state index contributed by atoms with van der Waals surface area (Å²) in [5.74, 6) is 0.746. The van der Waals surface area contributed by atoms with Gasteiger partial charge in [0.05, 0.1) is 5.69 Å². The maximum absolute atomic E-state index is 12.4. The summed E-state index contributed by atoms with van der Waals surface area (Å²) in [5.41, 5.74) is 4.50. The number of fused-ring (bicyclic) bond motifs is 3. The van der Waals surface area contributed by atoms with Gasteiger partial charge in [0.2, 0.25) is 5.95 Å². The average Bonchev–Trinajstić information content (AvgIpc) is 3.02. The van der Waals surface area contributed by atoms with Crippen LogP contribution in [0.15, 0.2) is 23.0 Å². The van der Waals surface area contributed by atoms with Crippen molar-refractivity contribution < 1.29 is 0 Å². The third-order valence-corrected chi connectivity index (χ3v) is 6.68. The van der Waals surface area contributed by atoms with E-state index in [4.69, 9.17) is 16.6 Å². The second-order valence-electron chi connectivity index (χ2n) is 7.81. The number of aromatic amines is 1. The maximum Gasteiger partial charge on any atom is 0.255 e. The highest BCUT2D eigenvalue weighted by molar-refractivity contribution is 6.32. The normalized spacial score (nSPS) is 20.6. The van der Waals surface area contributed by atoms with Crippen LogP contribution in [0.2, 0.25) is 5.02 Å². The molecule has 3 heterocycles. The van der Waals surface area contributed by atoms with Gasteiger partial charge in [0.15, 0.2) is 0 Å². The van der Waals surface area contributed by atoms with Gasteiger partial charge in [0.25, 0.3) is 5.56 Å². The molecule has 5 rings (SSSR count). The number of anilines is 2. The number of H-pyrrole nitrogens is 1. The van der Waals surface area contributed by atoms with Gasteiger partial charge in [-0.25, -0.2) is 4.98 Å². The Labute approximate surface area is 157 Å². The number of hydrogen-bond donors (Lipinski definition) is 2. The Morgan fingerprint density at radius 2 is 1.96 bits per heavy atom. The van der Waals surface area contributed by atoms with Crippen molar-refractivity contribution in [2.24, 2.45) is 0 Å². The summed E-state index contributed by atoms with van der Waals surface area (Å²) in [4.78, 5) is 22.5. The van der Waals surface area contributed by atoms with E-state index in [1.807, 2.05) is 12.1 Å². The first kappa shape index (κ1) is 16.2. The Morgan fingerprint density at radius 3 is 2.81 bits per heavy atom. The van der Waals surface area contributed by atoms with Gasteiger partial charge in [-0.15, -0.1) is 0 Å². The van der Waals surface area contributed by atoms with Crippen LogP contribution in [0.1, 0.15) is 42.5 Å². The molecule has 1 spiro atoms. The molecule has 136 valence electrons. The van der Waals surface area contributed by atoms with Crippen molar-refractivity contribution in [2.45, 2.75) is 43.9 Å². The molecule has 1 aromatic heterocycles. The summed E-state index contributed by atoms with van der Waals surface area (Å²) in [6.45, 7) is 2.70. The lowest BCUT2D eigenvalue weighted by Crippen LogP contribution is -2.45. The Morgan fingerprint density at radius 1 is 1.15 bits per heavy atom. The van der Waals surface area contributed by atoms with Gasteiger partial charge in [-0.3, -0.25) is 9.78 Å². The minimum Gasteiger partial charge on any atom is -0.384 e. The van der Waals surface area contributed by atoms with Crippen molar-refractivity contribution >= 4 is 23.2 Å². The molecule has 1 saturated heterocycles. The number of aromatic nitrogens is 2. The summed E-state index contributed by atoms with van der Waals surface area (Å²) in [6.07, 6.45) is 6.04. The van der Waals surface area contributed by atoms with Gasteiger partial charge in [-0.2, -0.15) is 0 Å². The largest absolute Gasteiger partial charge is 0.384 e. The van der Waals surface area contributed by atoms with Crippen molar-refractivity contribution in [2.75, 3.05) is 29.9 Å². The van der Waals surface area contributed by atoms with Crippen LogP contribution >= 0.6 is 11.6 Å². The predicted molar refractivity (Wildman–Crippen MR) is 105 cm³/mol. The average molecular weight is 371 g/mol. The Kier molecular flexibility index (Phi) is 3.74. The Balaban J connectivity index is 1.41. The monoisotopic (exact) mass is 370 g/mol. The van der Waals surface area contributed by atoms with E-state index in [9.17, 15) is 4.79 Å². The molecule has 2 aromatic rings. The van der Waals surface area contributed by atoms with Crippen LogP contribution in [0.3, 0.4) is 0 Å². The van der Waals surface area contributed by atoms with Crippen molar-refractivity contribution in [3.8, 4) is 0 Å². The van der Waals surface area contributed by atoms with E-state index in [0.29, 0.717) is 0 Å². The van der Waals surface area contributed by atoms with E-state index in [0.717, 1.165) is 80.4 Å². The third kappa shape index (κ3) is 2.44. The zero-order chi connectivity index (χ0) is 17.7. The van der Waals surface area contributed by atoms with Crippen LogP contribution in [0.25, 0.3) is 0 Å². The topological polar surface area (TPSA) is 61.0 Å². The molecule has 0 unspecified atom stereocenters. The molecule has 0 saturated carbocycles. The summed E-state index contributed by atoms with van der Waals surface area (Å²) < 4.78 is 0. The van der Waals surface area contributed by atoms with E-state index >= 15 is 0 Å². The molecule has 5 nitrogen and oxygen atoms in total. The standard InChI is InChI=1S/C20H23ClN4O/c21-14-5-3-7-16-17(14)20(12-22-16)8-10-25(11-9-20)19-23-15-6-2-1-4-13(15)18(26)24-19/h3,5,7,22H,1-2,4,6,8-12H2,(H,23,24,26). The lowest BCUT2D eigenvalue weighted by atomic mass is 9.74. The first-order valence-corrected chi connectivity index (χ1v) is 9.94. The fourth-order valence-electron chi connectivity index (χ4n) is 4.88. The lowest BCUT2D eigenvalue weighted by Gasteiger charge is -2.40. The summed E-state index contributed by atoms with van der Waals surface area (Å²) >= 11 is 6.53. The number of rotatable bonds is 1. The van der Waals surface area contributed by atoms with Crippen LogP contribution in [0, 0.1) is 0 Å². The molecule has 0 bridgehead atoms. The number of hydrogen-bond acceptors (Lipinski definition) is 4. The van der Waals surface area contributed by atoms with Crippen LogP contribution < -0.4 is 15.8 Å². The fourth-order valence-corrected chi connectivity index (χ4v) is 5.25. The molecule has 6 heteroatoms. The third-order valence-electron chi connectivity index (χ3n) is 6.36. The summed E-state index contributed by atoms with van der Waals surface area (Å²) in [6, 6.07) is 6.11. The van der Waals surface area contributed by atoms with Gasteiger partial charge in [0.1, 0.15) is 0 Å². The van der Waals surface area contributed by atoms with E-state index in [1.165, 1.54) is 11.3 Å². The van der Waals surface area contributed by atoms with Crippen LogP contribution in [0.4, 0.5) is 11.6 Å². The SMILES string of the molecule is O=c1[nH]c(N2CCC3(CC2)CNc2cccc(Cl)c23)nc2c1CCCC2. The molecule has 2 N–H and O–H groups in total. The molecule has 3 aliphatic rings. The maximum atomic E-state index is 12.4. The number of benzene rings is 1. The second-order valence-corrected chi connectivity index (χ2v) is 8.21. The molecule has 1 aromatic carbocycles. The summed E-state index contributed by atoms with van der Waals surface area (Å²) in [7, 11) is 0. The van der Waals surface area contributed by atoms with Crippen LogP contribution in [0.5, 0.6) is 0 Å². The van der Waals surface area contributed by atoms with Crippen molar-refractivity contribution in [3.63, 3.8) is 0 Å².